The van der Waals surface area contributed by atoms with Crippen molar-refractivity contribution in [2.24, 2.45) is 0 Å². The molecule has 1 heterocycles. The quantitative estimate of drug-likeness (QED) is 0.634. The van der Waals surface area contributed by atoms with Gasteiger partial charge in [-0.15, -0.1) is 0 Å². The second-order valence-corrected chi connectivity index (χ2v) is 6.47. The summed E-state index contributed by atoms with van der Waals surface area (Å²) in [6.45, 7) is 0.388. The maximum atomic E-state index is 12.1. The Kier molecular flexibility index (Phi) is 6.28. The maximum absolute atomic E-state index is 12.1. The molecule has 1 aromatic heterocycles. The summed E-state index contributed by atoms with van der Waals surface area (Å²) in [6, 6.07) is 18.1. The Morgan fingerprint density at radius 3 is 2.56 bits per heavy atom. The van der Waals surface area contributed by atoms with Gasteiger partial charge in [-0.05, 0) is 53.9 Å². The summed E-state index contributed by atoms with van der Waals surface area (Å²) in [4.78, 5) is 24.1. The molecule has 0 atom stereocenters. The molecule has 27 heavy (non-hydrogen) atoms. The van der Waals surface area contributed by atoms with Gasteiger partial charge in [0.15, 0.2) is 5.76 Å². The van der Waals surface area contributed by atoms with Crippen LogP contribution in [0.5, 0.6) is 0 Å². The number of aryl methyl sites for hydroxylation is 1. The van der Waals surface area contributed by atoms with Crippen LogP contribution >= 0.6 is 11.6 Å². The van der Waals surface area contributed by atoms with Gasteiger partial charge in [-0.2, -0.15) is 0 Å². The fourth-order valence-corrected chi connectivity index (χ4v) is 2.81. The van der Waals surface area contributed by atoms with Crippen LogP contribution in [0.2, 0.25) is 5.02 Å². The van der Waals surface area contributed by atoms with Gasteiger partial charge in [-0.25, -0.2) is 0 Å². The zero-order valence-electron chi connectivity index (χ0n) is 14.6. The summed E-state index contributed by atoms with van der Waals surface area (Å²) in [6.07, 6.45) is 2.46. The molecule has 0 aliphatic carbocycles. The molecular weight excluding hydrogens is 364 g/mol. The van der Waals surface area contributed by atoms with E-state index in [0.717, 1.165) is 11.1 Å². The van der Waals surface area contributed by atoms with Gasteiger partial charge in [0, 0.05) is 23.7 Å². The Morgan fingerprint density at radius 1 is 0.963 bits per heavy atom. The van der Waals surface area contributed by atoms with Crippen LogP contribution in [0, 0.1) is 0 Å². The van der Waals surface area contributed by atoms with E-state index in [-0.39, 0.29) is 17.6 Å². The largest absolute Gasteiger partial charge is 0.459 e. The number of benzene rings is 2. The number of carbonyl (C=O) groups excluding carboxylic acids is 2. The molecule has 0 fully saturated rings. The van der Waals surface area contributed by atoms with Crippen LogP contribution in [0.15, 0.2) is 71.3 Å². The minimum Gasteiger partial charge on any atom is -0.459 e. The number of amides is 2. The molecule has 0 aliphatic heterocycles. The zero-order chi connectivity index (χ0) is 19.1. The summed E-state index contributed by atoms with van der Waals surface area (Å²) < 4.78 is 5.07. The molecule has 3 aromatic rings. The highest BCUT2D eigenvalue weighted by Crippen LogP contribution is 2.14. The number of halogens is 1. The van der Waals surface area contributed by atoms with Crippen LogP contribution in [0.4, 0.5) is 5.69 Å². The van der Waals surface area contributed by atoms with E-state index >= 15 is 0 Å². The smallest absolute Gasteiger partial charge is 0.291 e. The first kappa shape index (κ1) is 18.7. The van der Waals surface area contributed by atoms with Crippen LogP contribution in [-0.4, -0.2) is 11.8 Å². The highest BCUT2D eigenvalue weighted by Gasteiger charge is 2.09. The van der Waals surface area contributed by atoms with Crippen molar-refractivity contribution in [3.05, 3.63) is 88.8 Å². The van der Waals surface area contributed by atoms with Crippen LogP contribution < -0.4 is 10.6 Å². The lowest BCUT2D eigenvalue weighted by Gasteiger charge is -2.08. The van der Waals surface area contributed by atoms with Gasteiger partial charge in [-0.1, -0.05) is 35.9 Å². The fraction of sp³-hybridized carbons (Fsp3) is 0.143. The molecule has 0 radical (unpaired) electrons. The normalized spacial score (nSPS) is 10.4. The molecule has 0 unspecified atom stereocenters. The van der Waals surface area contributed by atoms with Gasteiger partial charge in [0.25, 0.3) is 5.91 Å². The lowest BCUT2D eigenvalue weighted by molar-refractivity contribution is -0.121. The predicted octanol–water partition coefficient (Wildman–Crippen LogP) is 4.43. The highest BCUT2D eigenvalue weighted by molar-refractivity contribution is 6.30. The van der Waals surface area contributed by atoms with E-state index in [1.54, 1.807) is 18.2 Å². The minimum atomic E-state index is -0.317. The van der Waals surface area contributed by atoms with Gasteiger partial charge < -0.3 is 15.1 Å². The molecular formula is C21H19ClN2O3. The average Bonchev–Trinajstić information content (AvgIpc) is 3.20. The molecule has 0 spiro atoms. The van der Waals surface area contributed by atoms with Crippen molar-refractivity contribution >= 4 is 29.1 Å². The summed E-state index contributed by atoms with van der Waals surface area (Å²) in [7, 11) is 0. The third kappa shape index (κ3) is 5.72. The van der Waals surface area contributed by atoms with Crippen molar-refractivity contribution in [3.63, 3.8) is 0 Å². The lowest BCUT2D eigenvalue weighted by Crippen LogP contribution is -2.23. The number of anilines is 1. The molecule has 5 nitrogen and oxygen atoms in total. The van der Waals surface area contributed by atoms with Gasteiger partial charge >= 0.3 is 0 Å². The average molecular weight is 383 g/mol. The summed E-state index contributed by atoms with van der Waals surface area (Å²) in [5.74, 6) is -0.113. The number of rotatable bonds is 7. The van der Waals surface area contributed by atoms with Crippen molar-refractivity contribution in [1.29, 1.82) is 0 Å². The molecule has 3 rings (SSSR count). The third-order valence-electron chi connectivity index (χ3n) is 3.95. The van der Waals surface area contributed by atoms with Crippen LogP contribution in [0.25, 0.3) is 0 Å². The minimum absolute atomic E-state index is 0.0417. The molecule has 0 bridgehead atoms. The number of hydrogen-bond acceptors (Lipinski definition) is 3. The summed E-state index contributed by atoms with van der Waals surface area (Å²) in [5.41, 5.74) is 2.56. The van der Waals surface area contributed by atoms with E-state index in [0.29, 0.717) is 30.1 Å². The molecule has 0 saturated carbocycles. The van der Waals surface area contributed by atoms with Crippen LogP contribution in [0.1, 0.15) is 28.1 Å². The van der Waals surface area contributed by atoms with Crippen LogP contribution in [0.3, 0.4) is 0 Å². The van der Waals surface area contributed by atoms with Crippen molar-refractivity contribution in [1.82, 2.24) is 5.32 Å². The zero-order valence-corrected chi connectivity index (χ0v) is 15.3. The number of carbonyl (C=O) groups is 2. The predicted molar refractivity (Wildman–Crippen MR) is 105 cm³/mol. The molecule has 2 amide bonds. The van der Waals surface area contributed by atoms with E-state index in [2.05, 4.69) is 10.6 Å². The molecule has 6 heteroatoms. The van der Waals surface area contributed by atoms with Gasteiger partial charge in [0.2, 0.25) is 5.91 Å². The van der Waals surface area contributed by atoms with Gasteiger partial charge in [0.1, 0.15) is 0 Å². The topological polar surface area (TPSA) is 71.3 Å². The first-order chi connectivity index (χ1) is 13.1. The standard InChI is InChI=1S/C21H19ClN2O3/c22-17-6-1-4-15(12-17)9-10-20(25)23-14-16-5-2-7-18(13-16)24-21(26)19-8-3-11-27-19/h1-8,11-13H,9-10,14H2,(H,23,25)(H,24,26). The highest BCUT2D eigenvalue weighted by atomic mass is 35.5. The maximum Gasteiger partial charge on any atom is 0.291 e. The number of hydrogen-bond donors (Lipinski definition) is 2. The Labute approximate surface area is 162 Å². The van der Waals surface area contributed by atoms with E-state index in [1.807, 2.05) is 42.5 Å². The number of furan rings is 1. The first-order valence-corrected chi connectivity index (χ1v) is 8.93. The summed E-state index contributed by atoms with van der Waals surface area (Å²) >= 11 is 5.95. The Morgan fingerprint density at radius 2 is 1.78 bits per heavy atom. The second kappa shape index (κ2) is 9.05. The van der Waals surface area contributed by atoms with Crippen molar-refractivity contribution in [2.75, 3.05) is 5.32 Å². The van der Waals surface area contributed by atoms with E-state index in [4.69, 9.17) is 16.0 Å². The van der Waals surface area contributed by atoms with Crippen molar-refractivity contribution in [3.8, 4) is 0 Å². The summed E-state index contributed by atoms with van der Waals surface area (Å²) in [5, 5.41) is 6.32. The Hall–Kier alpha value is -3.05. The number of nitrogens with one attached hydrogen (secondary N) is 2. The molecule has 2 N–H and O–H groups in total. The van der Waals surface area contributed by atoms with Gasteiger partial charge in [0.05, 0.1) is 6.26 Å². The molecule has 2 aromatic carbocycles. The molecule has 138 valence electrons. The molecule has 0 aliphatic rings. The van der Waals surface area contributed by atoms with E-state index in [9.17, 15) is 9.59 Å². The first-order valence-electron chi connectivity index (χ1n) is 8.55. The lowest BCUT2D eigenvalue weighted by atomic mass is 10.1. The second-order valence-electron chi connectivity index (χ2n) is 6.04. The van der Waals surface area contributed by atoms with Crippen LogP contribution in [-0.2, 0) is 17.8 Å². The van der Waals surface area contributed by atoms with E-state index in [1.165, 1.54) is 6.26 Å². The Balaban J connectivity index is 1.49. The third-order valence-corrected chi connectivity index (χ3v) is 4.18. The molecule has 0 saturated heterocycles. The Bertz CT molecular complexity index is 923. The van der Waals surface area contributed by atoms with Crippen molar-refractivity contribution < 1.29 is 14.0 Å². The van der Waals surface area contributed by atoms with Crippen molar-refractivity contribution in [2.45, 2.75) is 19.4 Å². The van der Waals surface area contributed by atoms with E-state index < -0.39 is 0 Å². The van der Waals surface area contributed by atoms with Gasteiger partial charge in [-0.3, -0.25) is 9.59 Å². The monoisotopic (exact) mass is 382 g/mol. The SMILES string of the molecule is O=C(CCc1cccc(Cl)c1)NCc1cccc(NC(=O)c2ccco2)c1. The fourth-order valence-electron chi connectivity index (χ4n) is 2.60.